The van der Waals surface area contributed by atoms with Crippen LogP contribution in [0.25, 0.3) is 0 Å². The third-order valence-corrected chi connectivity index (χ3v) is 3.40. The van der Waals surface area contributed by atoms with E-state index in [2.05, 4.69) is 0 Å². The molecule has 0 unspecified atom stereocenters. The van der Waals surface area contributed by atoms with E-state index in [-0.39, 0.29) is 6.04 Å². The Hall–Kier alpha value is -1.35. The zero-order valence-corrected chi connectivity index (χ0v) is 11.8. The summed E-state index contributed by atoms with van der Waals surface area (Å²) in [5, 5.41) is 9.19. The van der Waals surface area contributed by atoms with E-state index in [1.807, 2.05) is 6.07 Å². The van der Waals surface area contributed by atoms with Crippen LogP contribution in [0, 0.1) is 11.3 Å². The maximum atomic E-state index is 12.6. The Bertz CT molecular complexity index is 478. The Morgan fingerprint density at radius 3 is 2.42 bits per heavy atom. The summed E-state index contributed by atoms with van der Waals surface area (Å²) >= 11 is 1.35. The summed E-state index contributed by atoms with van der Waals surface area (Å²) in [5.74, 6) is 0. The van der Waals surface area contributed by atoms with E-state index in [1.165, 1.54) is 16.7 Å². The van der Waals surface area contributed by atoms with Crippen molar-refractivity contribution in [3.63, 3.8) is 0 Å². The summed E-state index contributed by atoms with van der Waals surface area (Å²) in [4.78, 5) is 1.89. The van der Waals surface area contributed by atoms with Gasteiger partial charge >= 0.3 is 6.18 Å². The van der Waals surface area contributed by atoms with Crippen molar-refractivity contribution < 1.29 is 13.2 Å². The van der Waals surface area contributed by atoms with Crippen LogP contribution in [0.4, 0.5) is 18.9 Å². The van der Waals surface area contributed by atoms with Crippen LogP contribution < -0.4 is 4.90 Å². The highest BCUT2D eigenvalue weighted by molar-refractivity contribution is 7.98. The lowest BCUT2D eigenvalue weighted by atomic mass is 10.1. The number of nitriles is 1. The molecular formula is C13H15F3N2S. The molecule has 0 heterocycles. The van der Waals surface area contributed by atoms with Gasteiger partial charge in [-0.15, -0.1) is 11.8 Å². The first-order valence-electron chi connectivity index (χ1n) is 5.70. The van der Waals surface area contributed by atoms with Gasteiger partial charge in [0.05, 0.1) is 11.3 Å². The van der Waals surface area contributed by atoms with Crippen molar-refractivity contribution in [1.29, 1.82) is 5.26 Å². The molecule has 19 heavy (non-hydrogen) atoms. The molecule has 0 saturated carbocycles. The van der Waals surface area contributed by atoms with E-state index in [4.69, 9.17) is 0 Å². The van der Waals surface area contributed by atoms with Gasteiger partial charge in [-0.3, -0.25) is 0 Å². The van der Waals surface area contributed by atoms with Crippen LogP contribution in [0.5, 0.6) is 0 Å². The average Bonchev–Trinajstić information content (AvgIpc) is 2.33. The molecule has 0 aliphatic carbocycles. The maximum Gasteiger partial charge on any atom is 0.405 e. The summed E-state index contributed by atoms with van der Waals surface area (Å²) in [7, 11) is 0. The molecule has 1 aromatic carbocycles. The molecule has 0 bridgehead atoms. The number of anilines is 1. The van der Waals surface area contributed by atoms with Gasteiger partial charge in [-0.05, 0) is 32.2 Å². The van der Waals surface area contributed by atoms with E-state index in [9.17, 15) is 18.4 Å². The Morgan fingerprint density at radius 2 is 2.00 bits per heavy atom. The van der Waals surface area contributed by atoms with Crippen LogP contribution in [0.3, 0.4) is 0 Å². The van der Waals surface area contributed by atoms with Crippen molar-refractivity contribution in [1.82, 2.24) is 0 Å². The zero-order valence-electron chi connectivity index (χ0n) is 11.0. The largest absolute Gasteiger partial charge is 0.405 e. The van der Waals surface area contributed by atoms with E-state index < -0.39 is 12.7 Å². The Morgan fingerprint density at radius 1 is 1.37 bits per heavy atom. The first-order valence-corrected chi connectivity index (χ1v) is 6.93. The maximum absolute atomic E-state index is 12.6. The highest BCUT2D eigenvalue weighted by atomic mass is 32.2. The number of alkyl halides is 3. The summed E-state index contributed by atoms with van der Waals surface area (Å²) in [6, 6.07) is 6.63. The predicted molar refractivity (Wildman–Crippen MR) is 71.5 cm³/mol. The second-order valence-corrected chi connectivity index (χ2v) is 5.15. The number of rotatable bonds is 4. The van der Waals surface area contributed by atoms with Crippen molar-refractivity contribution >= 4 is 17.4 Å². The molecule has 0 spiro atoms. The fourth-order valence-corrected chi connectivity index (χ4v) is 2.35. The molecule has 0 N–H and O–H groups in total. The molecule has 0 atom stereocenters. The van der Waals surface area contributed by atoms with Gasteiger partial charge in [-0.1, -0.05) is 6.07 Å². The second kappa shape index (κ2) is 6.20. The lowest BCUT2D eigenvalue weighted by Gasteiger charge is -2.31. The van der Waals surface area contributed by atoms with Gasteiger partial charge in [0.2, 0.25) is 0 Å². The molecule has 104 valence electrons. The summed E-state index contributed by atoms with van der Waals surface area (Å²) < 4.78 is 37.9. The number of hydrogen-bond donors (Lipinski definition) is 0. The smallest absolute Gasteiger partial charge is 0.359 e. The Kier molecular flexibility index (Phi) is 5.12. The number of nitrogens with zero attached hydrogens (tertiary/aromatic N) is 2. The van der Waals surface area contributed by atoms with Gasteiger partial charge in [0.25, 0.3) is 0 Å². The molecule has 0 saturated heterocycles. The predicted octanol–water partition coefficient (Wildman–Crippen LogP) is 4.06. The van der Waals surface area contributed by atoms with Gasteiger partial charge in [0.1, 0.15) is 12.6 Å². The topological polar surface area (TPSA) is 27.0 Å². The molecule has 1 aromatic rings. The molecule has 0 aliphatic heterocycles. The van der Waals surface area contributed by atoms with Crippen LogP contribution in [-0.2, 0) is 0 Å². The van der Waals surface area contributed by atoms with Gasteiger partial charge < -0.3 is 4.90 Å². The SMILES string of the molecule is CSc1cccc(N(CC(F)(F)F)C(C)C)c1C#N. The van der Waals surface area contributed by atoms with Gasteiger partial charge in [-0.25, -0.2) is 0 Å². The molecule has 0 radical (unpaired) electrons. The van der Waals surface area contributed by atoms with E-state index in [1.54, 1.807) is 38.3 Å². The number of halogens is 3. The lowest BCUT2D eigenvalue weighted by Crippen LogP contribution is -2.39. The fraction of sp³-hybridized carbons (Fsp3) is 0.462. The minimum atomic E-state index is -4.30. The summed E-state index contributed by atoms with van der Waals surface area (Å²) in [5.41, 5.74) is 0.634. The van der Waals surface area contributed by atoms with Crippen molar-refractivity contribution in [2.24, 2.45) is 0 Å². The highest BCUT2D eigenvalue weighted by Gasteiger charge is 2.33. The molecule has 1 rings (SSSR count). The molecule has 0 amide bonds. The van der Waals surface area contributed by atoms with E-state index >= 15 is 0 Å². The highest BCUT2D eigenvalue weighted by Crippen LogP contribution is 2.32. The number of thioether (sulfide) groups is 1. The standard InChI is InChI=1S/C13H15F3N2S/c1-9(2)18(8-13(14,15)16)11-5-4-6-12(19-3)10(11)7-17/h4-6,9H,8H2,1-3H3. The third-order valence-electron chi connectivity index (χ3n) is 2.62. The molecule has 0 aliphatic rings. The lowest BCUT2D eigenvalue weighted by molar-refractivity contribution is -0.120. The fourth-order valence-electron chi connectivity index (χ4n) is 1.78. The normalized spacial score (nSPS) is 11.5. The number of benzene rings is 1. The first kappa shape index (κ1) is 15.7. The van der Waals surface area contributed by atoms with Crippen LogP contribution >= 0.6 is 11.8 Å². The van der Waals surface area contributed by atoms with Crippen LogP contribution in [0.2, 0.25) is 0 Å². The van der Waals surface area contributed by atoms with E-state index in [0.29, 0.717) is 16.1 Å². The molecule has 0 fully saturated rings. The molecule has 6 heteroatoms. The number of hydrogen-bond acceptors (Lipinski definition) is 3. The zero-order chi connectivity index (χ0) is 14.6. The van der Waals surface area contributed by atoms with Crippen molar-refractivity contribution in [2.45, 2.75) is 31.0 Å². The Balaban J connectivity index is 3.28. The van der Waals surface area contributed by atoms with Crippen molar-refractivity contribution in [3.8, 4) is 6.07 Å². The minimum Gasteiger partial charge on any atom is -0.359 e. The van der Waals surface area contributed by atoms with Crippen LogP contribution in [0.1, 0.15) is 19.4 Å². The monoisotopic (exact) mass is 288 g/mol. The van der Waals surface area contributed by atoms with Gasteiger partial charge in [0, 0.05) is 10.9 Å². The van der Waals surface area contributed by atoms with Crippen molar-refractivity contribution in [3.05, 3.63) is 23.8 Å². The van der Waals surface area contributed by atoms with Gasteiger partial charge in [-0.2, -0.15) is 18.4 Å². The average molecular weight is 288 g/mol. The van der Waals surface area contributed by atoms with Crippen LogP contribution in [-0.4, -0.2) is 25.0 Å². The van der Waals surface area contributed by atoms with Gasteiger partial charge in [0.15, 0.2) is 0 Å². The second-order valence-electron chi connectivity index (χ2n) is 4.30. The van der Waals surface area contributed by atoms with Crippen molar-refractivity contribution in [2.75, 3.05) is 17.7 Å². The molecule has 0 aromatic heterocycles. The Labute approximate surface area is 115 Å². The first-order chi connectivity index (χ1) is 8.80. The summed E-state index contributed by atoms with van der Waals surface area (Å²) in [6.45, 7) is 2.30. The summed E-state index contributed by atoms with van der Waals surface area (Å²) in [6.07, 6.45) is -2.50. The van der Waals surface area contributed by atoms with E-state index in [0.717, 1.165) is 0 Å². The quantitative estimate of drug-likeness (QED) is 0.782. The minimum absolute atomic E-state index is 0.299. The molecule has 2 nitrogen and oxygen atoms in total. The third kappa shape index (κ3) is 4.06. The molecular weight excluding hydrogens is 273 g/mol. The van der Waals surface area contributed by atoms with Crippen LogP contribution in [0.15, 0.2) is 23.1 Å².